The van der Waals surface area contributed by atoms with Crippen LogP contribution in [0.3, 0.4) is 0 Å². The van der Waals surface area contributed by atoms with Crippen LogP contribution < -0.4 is 5.32 Å². The summed E-state index contributed by atoms with van der Waals surface area (Å²) in [5.41, 5.74) is 3.21. The first-order valence-electron chi connectivity index (χ1n) is 5.82. The lowest BCUT2D eigenvalue weighted by atomic mass is 10.1. The molecule has 5 heteroatoms. The van der Waals surface area contributed by atoms with E-state index in [0.29, 0.717) is 0 Å². The van der Waals surface area contributed by atoms with E-state index in [9.17, 15) is 4.79 Å². The number of hydrogen-bond acceptors (Lipinski definition) is 3. The zero-order chi connectivity index (χ0) is 14.0. The van der Waals surface area contributed by atoms with Crippen molar-refractivity contribution in [2.75, 3.05) is 5.32 Å². The third-order valence-electron chi connectivity index (χ3n) is 2.94. The third kappa shape index (κ3) is 3.28. The van der Waals surface area contributed by atoms with Gasteiger partial charge in [0.25, 0.3) is 0 Å². The van der Waals surface area contributed by atoms with Gasteiger partial charge < -0.3 is 10.4 Å². The van der Waals surface area contributed by atoms with Crippen molar-refractivity contribution in [1.29, 1.82) is 0 Å². The molecule has 1 aromatic carbocycles. The van der Waals surface area contributed by atoms with E-state index in [1.54, 1.807) is 18.2 Å². The summed E-state index contributed by atoms with van der Waals surface area (Å²) in [6.07, 6.45) is 0. The normalized spacial score (nSPS) is 12.2. The van der Waals surface area contributed by atoms with Crippen molar-refractivity contribution in [3.63, 3.8) is 0 Å². The number of nitrogens with one attached hydrogen (secondary N) is 1. The highest BCUT2D eigenvalue weighted by molar-refractivity contribution is 7.14. The fraction of sp³-hybridized carbons (Fsp3) is 0.214. The molecule has 2 aromatic rings. The van der Waals surface area contributed by atoms with Crippen molar-refractivity contribution in [3.05, 3.63) is 50.7 Å². The second kappa shape index (κ2) is 5.63. The molecule has 0 radical (unpaired) electrons. The Morgan fingerprint density at radius 3 is 2.74 bits per heavy atom. The van der Waals surface area contributed by atoms with Crippen LogP contribution in [0.25, 0.3) is 0 Å². The number of benzene rings is 1. The molecule has 0 aliphatic carbocycles. The van der Waals surface area contributed by atoms with Crippen molar-refractivity contribution < 1.29 is 9.90 Å². The van der Waals surface area contributed by atoms with E-state index in [1.165, 1.54) is 11.3 Å². The van der Waals surface area contributed by atoms with Crippen LogP contribution in [-0.4, -0.2) is 11.1 Å². The number of carboxylic acid groups (broad SMARTS) is 1. The highest BCUT2D eigenvalue weighted by atomic mass is 35.5. The molecule has 1 heterocycles. The number of halogens is 1. The second-order valence-electron chi connectivity index (χ2n) is 4.39. The van der Waals surface area contributed by atoms with E-state index in [2.05, 4.69) is 5.32 Å². The van der Waals surface area contributed by atoms with Crippen LogP contribution in [0.2, 0.25) is 4.34 Å². The summed E-state index contributed by atoms with van der Waals surface area (Å²) in [4.78, 5) is 11.0. The summed E-state index contributed by atoms with van der Waals surface area (Å²) < 4.78 is 0.750. The molecule has 1 unspecified atom stereocenters. The summed E-state index contributed by atoms with van der Waals surface area (Å²) in [5, 5.41) is 14.3. The van der Waals surface area contributed by atoms with Gasteiger partial charge in [0.15, 0.2) is 0 Å². The fourth-order valence-electron chi connectivity index (χ4n) is 1.78. The Balaban J connectivity index is 2.22. The van der Waals surface area contributed by atoms with E-state index in [4.69, 9.17) is 16.7 Å². The summed E-state index contributed by atoms with van der Waals surface area (Å²) in [6, 6.07) is 7.06. The second-order valence-corrected chi connectivity index (χ2v) is 5.93. The topological polar surface area (TPSA) is 49.3 Å². The standard InChI is InChI=1S/C14H14ClNO2S/c1-8-3-4-10(14(17)18)5-12(8)16-9(2)11-6-13(15)19-7-11/h3-7,9,16H,1-2H3,(H,17,18). The SMILES string of the molecule is Cc1ccc(C(=O)O)cc1NC(C)c1csc(Cl)c1. The molecule has 1 aromatic heterocycles. The van der Waals surface area contributed by atoms with Gasteiger partial charge in [-0.3, -0.25) is 0 Å². The predicted octanol–water partition coefficient (Wildman–Crippen LogP) is 4.58. The van der Waals surface area contributed by atoms with Gasteiger partial charge in [-0.25, -0.2) is 4.79 Å². The average Bonchev–Trinajstić information content (AvgIpc) is 2.78. The molecule has 0 bridgehead atoms. The zero-order valence-corrected chi connectivity index (χ0v) is 12.2. The molecular weight excluding hydrogens is 282 g/mol. The van der Waals surface area contributed by atoms with Gasteiger partial charge in [-0.15, -0.1) is 11.3 Å². The number of thiophene rings is 1. The Morgan fingerprint density at radius 1 is 1.42 bits per heavy atom. The fourth-order valence-corrected chi connectivity index (χ4v) is 2.76. The Hall–Kier alpha value is -1.52. The van der Waals surface area contributed by atoms with Crippen LogP contribution in [-0.2, 0) is 0 Å². The summed E-state index contributed by atoms with van der Waals surface area (Å²) in [7, 11) is 0. The lowest BCUT2D eigenvalue weighted by molar-refractivity contribution is 0.0697. The number of anilines is 1. The maximum Gasteiger partial charge on any atom is 0.335 e. The van der Waals surface area contributed by atoms with Crippen LogP contribution in [0.5, 0.6) is 0 Å². The summed E-state index contributed by atoms with van der Waals surface area (Å²) in [6.45, 7) is 3.96. The number of carboxylic acids is 1. The number of carbonyl (C=O) groups is 1. The minimum Gasteiger partial charge on any atom is -0.478 e. The van der Waals surface area contributed by atoms with E-state index in [-0.39, 0.29) is 11.6 Å². The Labute approximate surface area is 120 Å². The first-order valence-corrected chi connectivity index (χ1v) is 7.07. The van der Waals surface area contributed by atoms with Gasteiger partial charge in [-0.1, -0.05) is 17.7 Å². The van der Waals surface area contributed by atoms with Crippen LogP contribution in [0.1, 0.15) is 34.5 Å². The minimum absolute atomic E-state index is 0.0755. The van der Waals surface area contributed by atoms with Gasteiger partial charge in [-0.2, -0.15) is 0 Å². The van der Waals surface area contributed by atoms with Gasteiger partial charge in [0.2, 0.25) is 0 Å². The number of rotatable bonds is 4. The maximum absolute atomic E-state index is 11.0. The highest BCUT2D eigenvalue weighted by Crippen LogP contribution is 2.28. The number of aryl methyl sites for hydroxylation is 1. The number of hydrogen-bond donors (Lipinski definition) is 2. The van der Waals surface area contributed by atoms with Crippen molar-refractivity contribution in [2.45, 2.75) is 19.9 Å². The summed E-state index contributed by atoms with van der Waals surface area (Å²) in [5.74, 6) is -0.922. The zero-order valence-electron chi connectivity index (χ0n) is 10.6. The molecule has 2 rings (SSSR count). The Kier molecular flexibility index (Phi) is 4.12. The molecule has 2 N–H and O–H groups in total. The molecule has 19 heavy (non-hydrogen) atoms. The monoisotopic (exact) mass is 295 g/mol. The van der Waals surface area contributed by atoms with Gasteiger partial charge in [0, 0.05) is 11.7 Å². The van der Waals surface area contributed by atoms with Crippen LogP contribution in [0.4, 0.5) is 5.69 Å². The Morgan fingerprint density at radius 2 is 2.16 bits per heavy atom. The molecule has 1 atom stereocenters. The van der Waals surface area contributed by atoms with E-state index in [0.717, 1.165) is 21.2 Å². The molecule has 0 saturated heterocycles. The highest BCUT2D eigenvalue weighted by Gasteiger charge is 2.11. The van der Waals surface area contributed by atoms with E-state index >= 15 is 0 Å². The van der Waals surface area contributed by atoms with Crippen molar-refractivity contribution in [3.8, 4) is 0 Å². The summed E-state index contributed by atoms with van der Waals surface area (Å²) >= 11 is 7.41. The first-order chi connectivity index (χ1) is 8.97. The molecule has 0 aliphatic heterocycles. The molecule has 0 aliphatic rings. The van der Waals surface area contributed by atoms with Gasteiger partial charge in [0.1, 0.15) is 0 Å². The maximum atomic E-state index is 11.0. The van der Waals surface area contributed by atoms with Crippen LogP contribution in [0, 0.1) is 6.92 Å². The van der Waals surface area contributed by atoms with Gasteiger partial charge in [-0.05, 0) is 48.6 Å². The number of aromatic carboxylic acids is 1. The molecule has 0 saturated carbocycles. The molecule has 0 spiro atoms. The van der Waals surface area contributed by atoms with Crippen LogP contribution in [0.15, 0.2) is 29.6 Å². The van der Waals surface area contributed by atoms with E-state index in [1.807, 2.05) is 25.3 Å². The van der Waals surface area contributed by atoms with Crippen molar-refractivity contribution >= 4 is 34.6 Å². The quantitative estimate of drug-likeness (QED) is 0.868. The molecular formula is C14H14ClNO2S. The molecule has 3 nitrogen and oxygen atoms in total. The van der Waals surface area contributed by atoms with Gasteiger partial charge >= 0.3 is 5.97 Å². The van der Waals surface area contributed by atoms with Crippen LogP contribution >= 0.6 is 22.9 Å². The smallest absolute Gasteiger partial charge is 0.335 e. The van der Waals surface area contributed by atoms with Crippen molar-refractivity contribution in [2.24, 2.45) is 0 Å². The Bertz CT molecular complexity index is 609. The molecule has 0 amide bonds. The molecule has 0 fully saturated rings. The minimum atomic E-state index is -0.922. The van der Waals surface area contributed by atoms with Gasteiger partial charge in [0.05, 0.1) is 9.90 Å². The molecule has 100 valence electrons. The van der Waals surface area contributed by atoms with E-state index < -0.39 is 5.97 Å². The largest absolute Gasteiger partial charge is 0.478 e. The first kappa shape index (κ1) is 13.9. The lowest BCUT2D eigenvalue weighted by Crippen LogP contribution is -2.08. The predicted molar refractivity (Wildman–Crippen MR) is 79.5 cm³/mol. The lowest BCUT2D eigenvalue weighted by Gasteiger charge is -2.16. The van der Waals surface area contributed by atoms with Crippen molar-refractivity contribution in [1.82, 2.24) is 0 Å². The average molecular weight is 296 g/mol. The third-order valence-corrected chi connectivity index (χ3v) is 4.05.